The second kappa shape index (κ2) is 5.02. The van der Waals surface area contributed by atoms with Gasteiger partial charge in [-0.3, -0.25) is 4.79 Å². The van der Waals surface area contributed by atoms with E-state index in [9.17, 15) is 4.79 Å². The molecule has 0 unspecified atom stereocenters. The molecule has 1 amide bonds. The van der Waals surface area contributed by atoms with Crippen molar-refractivity contribution in [2.24, 2.45) is 22.9 Å². The van der Waals surface area contributed by atoms with E-state index in [2.05, 4.69) is 15.5 Å². The highest BCUT2D eigenvalue weighted by atomic mass is 16.2. The van der Waals surface area contributed by atoms with Crippen LogP contribution in [0.25, 0.3) is 10.9 Å². The third-order valence-electron chi connectivity index (χ3n) is 5.06. The summed E-state index contributed by atoms with van der Waals surface area (Å²) in [6.45, 7) is 0. The third-order valence-corrected chi connectivity index (χ3v) is 5.06. The molecule has 108 valence electrons. The molecule has 1 aromatic carbocycles. The average Bonchev–Trinajstić information content (AvgIpc) is 3.21. The number of nitrogens with one attached hydrogen (secondary N) is 2. The van der Waals surface area contributed by atoms with Gasteiger partial charge in [-0.15, -0.1) is 0 Å². The summed E-state index contributed by atoms with van der Waals surface area (Å²) < 4.78 is 0. The minimum absolute atomic E-state index is 0.146. The van der Waals surface area contributed by atoms with Gasteiger partial charge in [-0.05, 0) is 43.1 Å². The minimum Gasteiger partial charge on any atom is -0.360 e. The number of hydrogen-bond donors (Lipinski definition) is 2. The van der Waals surface area contributed by atoms with E-state index in [1.54, 1.807) is 6.20 Å². The number of hydrogen-bond acceptors (Lipinski definition) is 2. The number of rotatable bonds is 3. The van der Waals surface area contributed by atoms with Gasteiger partial charge in [0, 0.05) is 23.3 Å². The number of carbonyl (C=O) groups is 1. The molecule has 0 saturated heterocycles. The number of carbonyl (C=O) groups excluding carboxylic acids is 1. The number of hydrazone groups is 1. The molecular weight excluding hydrogens is 262 g/mol. The predicted molar refractivity (Wildman–Crippen MR) is 83.2 cm³/mol. The Balaban J connectivity index is 1.44. The van der Waals surface area contributed by atoms with Crippen LogP contribution in [0.1, 0.15) is 36.0 Å². The van der Waals surface area contributed by atoms with Crippen molar-refractivity contribution in [3.8, 4) is 0 Å². The van der Waals surface area contributed by atoms with Gasteiger partial charge >= 0.3 is 0 Å². The van der Waals surface area contributed by atoms with Crippen LogP contribution in [0.15, 0.2) is 35.6 Å². The first-order chi connectivity index (χ1) is 10.3. The quantitative estimate of drug-likeness (QED) is 0.658. The Morgan fingerprint density at radius 2 is 2.19 bits per heavy atom. The zero-order valence-corrected chi connectivity index (χ0v) is 11.9. The molecule has 1 heterocycles. The molecule has 4 rings (SSSR count). The number of H-pyrrole nitrogens is 1. The molecule has 2 fully saturated rings. The van der Waals surface area contributed by atoms with Crippen molar-refractivity contribution in [3.63, 3.8) is 0 Å². The van der Waals surface area contributed by atoms with Crippen molar-refractivity contribution in [1.82, 2.24) is 10.4 Å². The maximum atomic E-state index is 12.2. The first-order valence-electron chi connectivity index (χ1n) is 7.71. The van der Waals surface area contributed by atoms with Gasteiger partial charge in [0.15, 0.2) is 0 Å². The molecule has 2 saturated carbocycles. The highest BCUT2D eigenvalue weighted by molar-refractivity contribution is 6.06. The highest BCUT2D eigenvalue weighted by Gasteiger charge is 2.38. The summed E-state index contributed by atoms with van der Waals surface area (Å²) in [7, 11) is 0. The topological polar surface area (TPSA) is 57.2 Å². The van der Waals surface area contributed by atoms with Gasteiger partial charge in [-0.2, -0.15) is 5.10 Å². The fourth-order valence-electron chi connectivity index (χ4n) is 3.99. The number of benzene rings is 1. The summed E-state index contributed by atoms with van der Waals surface area (Å²) in [5.74, 6) is 2.11. The number of aromatic nitrogens is 1. The summed E-state index contributed by atoms with van der Waals surface area (Å²) in [6, 6.07) is 7.80. The van der Waals surface area contributed by atoms with Crippen molar-refractivity contribution in [2.75, 3.05) is 0 Å². The van der Waals surface area contributed by atoms with Crippen LogP contribution in [0.3, 0.4) is 0 Å². The molecule has 2 aliphatic carbocycles. The Morgan fingerprint density at radius 1 is 1.29 bits per heavy atom. The van der Waals surface area contributed by atoms with Crippen LogP contribution in [0, 0.1) is 17.8 Å². The van der Waals surface area contributed by atoms with E-state index >= 15 is 0 Å². The van der Waals surface area contributed by atoms with E-state index in [4.69, 9.17) is 0 Å². The molecule has 2 N–H and O–H groups in total. The Bertz CT molecular complexity index is 703. The molecule has 21 heavy (non-hydrogen) atoms. The van der Waals surface area contributed by atoms with Crippen molar-refractivity contribution in [3.05, 3.63) is 36.0 Å². The monoisotopic (exact) mass is 281 g/mol. The molecule has 0 aliphatic heterocycles. The number of aromatic amines is 1. The van der Waals surface area contributed by atoms with Crippen LogP contribution < -0.4 is 5.43 Å². The first kappa shape index (κ1) is 12.6. The normalized spacial score (nSPS) is 27.7. The predicted octanol–water partition coefficient (Wildman–Crippen LogP) is 3.32. The summed E-state index contributed by atoms with van der Waals surface area (Å²) in [5, 5.41) is 5.13. The van der Waals surface area contributed by atoms with Gasteiger partial charge in [-0.25, -0.2) is 5.43 Å². The van der Waals surface area contributed by atoms with Crippen molar-refractivity contribution in [2.45, 2.75) is 25.7 Å². The molecule has 2 bridgehead atoms. The van der Waals surface area contributed by atoms with Gasteiger partial charge in [0.2, 0.25) is 0 Å². The van der Waals surface area contributed by atoms with Crippen molar-refractivity contribution < 1.29 is 4.79 Å². The van der Waals surface area contributed by atoms with Crippen molar-refractivity contribution in [1.29, 1.82) is 0 Å². The van der Waals surface area contributed by atoms with Gasteiger partial charge in [0.1, 0.15) is 0 Å². The second-order valence-electron chi connectivity index (χ2n) is 6.31. The number of fused-ring (bicyclic) bond motifs is 3. The maximum absolute atomic E-state index is 12.2. The largest absolute Gasteiger partial charge is 0.360 e. The van der Waals surface area contributed by atoms with Crippen LogP contribution in [-0.4, -0.2) is 17.1 Å². The lowest BCUT2D eigenvalue weighted by Gasteiger charge is -2.16. The summed E-state index contributed by atoms with van der Waals surface area (Å²) in [6.07, 6.45) is 9.02. The van der Waals surface area contributed by atoms with Gasteiger partial charge < -0.3 is 4.98 Å². The van der Waals surface area contributed by atoms with Gasteiger partial charge in [0.05, 0.1) is 5.56 Å². The third kappa shape index (κ3) is 2.24. The van der Waals surface area contributed by atoms with Crippen molar-refractivity contribution >= 4 is 23.0 Å². The molecule has 1 aromatic heterocycles. The molecule has 3 atom stereocenters. The lowest BCUT2D eigenvalue weighted by atomic mass is 9.90. The molecule has 0 radical (unpaired) electrons. The summed E-state index contributed by atoms with van der Waals surface area (Å²) in [5.41, 5.74) is 4.29. The lowest BCUT2D eigenvalue weighted by molar-refractivity contribution is 0.0956. The first-order valence-corrected chi connectivity index (χ1v) is 7.71. The van der Waals surface area contributed by atoms with Gasteiger partial charge in [0.25, 0.3) is 5.91 Å². The minimum atomic E-state index is -0.146. The van der Waals surface area contributed by atoms with Crippen LogP contribution >= 0.6 is 0 Å². The summed E-state index contributed by atoms with van der Waals surface area (Å²) >= 11 is 0. The standard InChI is InChI=1S/C17H19N3O/c21-17(15-10-18-16-4-2-1-3-14(15)16)20-19-9-13-8-11-5-6-12(13)7-11/h1-4,9-13,18H,5-8H2,(H,20,21)/b19-9-/t11-,12+,13-/m0/s1. The Morgan fingerprint density at radius 3 is 3.00 bits per heavy atom. The zero-order valence-electron chi connectivity index (χ0n) is 11.9. The van der Waals surface area contributed by atoms with E-state index < -0.39 is 0 Å². The molecule has 4 nitrogen and oxygen atoms in total. The Kier molecular flexibility index (Phi) is 3.02. The van der Waals surface area contributed by atoms with Gasteiger partial charge in [-0.1, -0.05) is 24.6 Å². The van der Waals surface area contributed by atoms with E-state index in [1.165, 1.54) is 25.7 Å². The van der Waals surface area contributed by atoms with Crippen LogP contribution in [-0.2, 0) is 0 Å². The van der Waals surface area contributed by atoms with E-state index in [1.807, 2.05) is 30.5 Å². The molecular formula is C17H19N3O. The summed E-state index contributed by atoms with van der Waals surface area (Å²) in [4.78, 5) is 15.3. The molecule has 4 heteroatoms. The second-order valence-corrected chi connectivity index (χ2v) is 6.31. The Labute approximate surface area is 123 Å². The molecule has 2 aliphatic rings. The maximum Gasteiger partial charge on any atom is 0.273 e. The number of amides is 1. The Hall–Kier alpha value is -2.10. The van der Waals surface area contributed by atoms with E-state index in [0.717, 1.165) is 22.7 Å². The van der Waals surface area contributed by atoms with Crippen LogP contribution in [0.5, 0.6) is 0 Å². The molecule has 2 aromatic rings. The SMILES string of the molecule is O=C(N/N=C\[C@@H]1C[C@H]2CC[C@@H]1C2)c1c[nH]c2ccccc12. The number of para-hydroxylation sites is 1. The lowest BCUT2D eigenvalue weighted by Crippen LogP contribution is -2.19. The van der Waals surface area contributed by atoms with Crippen LogP contribution in [0.2, 0.25) is 0 Å². The smallest absolute Gasteiger partial charge is 0.273 e. The molecule has 0 spiro atoms. The van der Waals surface area contributed by atoms with E-state index in [-0.39, 0.29) is 5.91 Å². The zero-order chi connectivity index (χ0) is 14.2. The fourth-order valence-corrected chi connectivity index (χ4v) is 3.99. The fraction of sp³-hybridized carbons (Fsp3) is 0.412. The number of nitrogens with zero attached hydrogens (tertiary/aromatic N) is 1. The highest BCUT2D eigenvalue weighted by Crippen LogP contribution is 2.47. The van der Waals surface area contributed by atoms with E-state index in [0.29, 0.717) is 11.5 Å². The van der Waals surface area contributed by atoms with Crippen LogP contribution in [0.4, 0.5) is 0 Å². The average molecular weight is 281 g/mol.